The molecule has 0 radical (unpaired) electrons. The molecular weight excluding hydrogens is 332 g/mol. The largest absolute Gasteiger partial charge is 0.493 e. The lowest BCUT2D eigenvalue weighted by Crippen LogP contribution is -2.47. The number of nitrogens with zero attached hydrogens (tertiary/aromatic N) is 1. The van der Waals surface area contributed by atoms with Gasteiger partial charge in [0, 0.05) is 31.5 Å². The van der Waals surface area contributed by atoms with Crippen molar-refractivity contribution in [3.8, 4) is 11.5 Å². The number of nitrogens with one attached hydrogen (secondary N) is 1. The second kappa shape index (κ2) is 8.43. The van der Waals surface area contributed by atoms with Crippen LogP contribution < -0.4 is 14.8 Å². The van der Waals surface area contributed by atoms with Crippen molar-refractivity contribution in [3.63, 3.8) is 0 Å². The molecule has 1 aliphatic carbocycles. The van der Waals surface area contributed by atoms with E-state index in [-0.39, 0.29) is 17.9 Å². The Hall–Kier alpha value is -2.24. The average molecular weight is 360 g/mol. The zero-order chi connectivity index (χ0) is 18.5. The Balaban J connectivity index is 1.41. The van der Waals surface area contributed by atoms with Crippen LogP contribution in [0.25, 0.3) is 0 Å². The van der Waals surface area contributed by atoms with E-state index in [0.29, 0.717) is 30.2 Å². The number of carbonyl (C=O) groups is 2. The quantitative estimate of drug-likeness (QED) is 0.809. The monoisotopic (exact) mass is 360 g/mol. The number of piperidine rings is 1. The van der Waals surface area contributed by atoms with E-state index in [1.807, 2.05) is 23.1 Å². The van der Waals surface area contributed by atoms with Crippen molar-refractivity contribution < 1.29 is 19.1 Å². The van der Waals surface area contributed by atoms with Gasteiger partial charge in [-0.1, -0.05) is 6.07 Å². The van der Waals surface area contributed by atoms with E-state index >= 15 is 0 Å². The molecule has 2 fully saturated rings. The van der Waals surface area contributed by atoms with Crippen LogP contribution in [0.4, 0.5) is 0 Å². The van der Waals surface area contributed by atoms with Crippen LogP contribution in [0.1, 0.15) is 37.7 Å². The third kappa shape index (κ3) is 4.68. The zero-order valence-electron chi connectivity index (χ0n) is 15.6. The molecule has 0 aromatic heterocycles. The van der Waals surface area contributed by atoms with E-state index in [1.54, 1.807) is 14.2 Å². The van der Waals surface area contributed by atoms with Gasteiger partial charge in [-0.3, -0.25) is 9.59 Å². The number of likely N-dealkylation sites (tertiary alicyclic amines) is 1. The molecule has 1 heterocycles. The summed E-state index contributed by atoms with van der Waals surface area (Å²) in [6.45, 7) is 1.52. The molecule has 3 rings (SSSR count). The maximum Gasteiger partial charge on any atom is 0.225 e. The third-order valence-corrected chi connectivity index (χ3v) is 5.19. The molecule has 1 aromatic rings. The third-order valence-electron chi connectivity index (χ3n) is 5.19. The summed E-state index contributed by atoms with van der Waals surface area (Å²) in [5, 5.41) is 3.11. The maximum atomic E-state index is 12.2. The lowest BCUT2D eigenvalue weighted by Gasteiger charge is -2.32. The van der Waals surface area contributed by atoms with Gasteiger partial charge in [0.2, 0.25) is 11.8 Å². The number of hydrogen-bond acceptors (Lipinski definition) is 4. The minimum absolute atomic E-state index is 0.0618. The van der Waals surface area contributed by atoms with Crippen LogP contribution in [0.3, 0.4) is 0 Å². The Kier molecular flexibility index (Phi) is 6.01. The fourth-order valence-electron chi connectivity index (χ4n) is 3.43. The number of carbonyl (C=O) groups excluding carboxylic acids is 2. The Labute approximate surface area is 154 Å². The Morgan fingerprint density at radius 2 is 1.77 bits per heavy atom. The van der Waals surface area contributed by atoms with E-state index in [0.717, 1.165) is 44.3 Å². The summed E-state index contributed by atoms with van der Waals surface area (Å²) in [5.74, 6) is 2.02. The lowest BCUT2D eigenvalue weighted by molar-refractivity contribution is -0.133. The smallest absolute Gasteiger partial charge is 0.225 e. The van der Waals surface area contributed by atoms with E-state index in [2.05, 4.69) is 5.32 Å². The number of ether oxygens (including phenoxy) is 2. The Bertz CT molecular complexity index is 649. The fraction of sp³-hybridized carbons (Fsp3) is 0.600. The van der Waals surface area contributed by atoms with Gasteiger partial charge in [0.05, 0.1) is 14.2 Å². The Morgan fingerprint density at radius 3 is 2.38 bits per heavy atom. The van der Waals surface area contributed by atoms with Gasteiger partial charge >= 0.3 is 0 Å². The lowest BCUT2D eigenvalue weighted by atomic mass is 10.0. The van der Waals surface area contributed by atoms with Gasteiger partial charge in [0.1, 0.15) is 0 Å². The molecule has 6 nitrogen and oxygen atoms in total. The van der Waals surface area contributed by atoms with Gasteiger partial charge in [0.25, 0.3) is 0 Å². The molecule has 0 spiro atoms. The highest BCUT2D eigenvalue weighted by atomic mass is 16.5. The summed E-state index contributed by atoms with van der Waals surface area (Å²) in [5.41, 5.74) is 1.04. The fourth-order valence-corrected chi connectivity index (χ4v) is 3.43. The summed E-state index contributed by atoms with van der Waals surface area (Å²) >= 11 is 0. The first-order valence-corrected chi connectivity index (χ1v) is 9.39. The summed E-state index contributed by atoms with van der Waals surface area (Å²) in [6, 6.07) is 5.90. The maximum absolute atomic E-state index is 12.2. The molecule has 2 amide bonds. The number of amides is 2. The first kappa shape index (κ1) is 18.5. The summed E-state index contributed by atoms with van der Waals surface area (Å²) in [4.78, 5) is 26.3. The summed E-state index contributed by atoms with van der Waals surface area (Å²) in [6.07, 6.45) is 4.89. The summed E-state index contributed by atoms with van der Waals surface area (Å²) < 4.78 is 10.5. The first-order chi connectivity index (χ1) is 12.6. The number of hydrogen-bond donors (Lipinski definition) is 1. The SMILES string of the molecule is COc1ccc(CCC(=O)NC2CCN(C(=O)C3CC3)CC2)cc1OC. The van der Waals surface area contributed by atoms with Crippen molar-refractivity contribution in [1.82, 2.24) is 10.2 Å². The van der Waals surface area contributed by atoms with Crippen molar-refractivity contribution in [2.45, 2.75) is 44.6 Å². The molecule has 6 heteroatoms. The molecule has 1 N–H and O–H groups in total. The zero-order valence-corrected chi connectivity index (χ0v) is 15.6. The highest BCUT2D eigenvalue weighted by Gasteiger charge is 2.35. The first-order valence-electron chi connectivity index (χ1n) is 9.39. The van der Waals surface area contributed by atoms with Crippen molar-refractivity contribution in [2.24, 2.45) is 5.92 Å². The number of rotatable bonds is 7. The van der Waals surface area contributed by atoms with Crippen LogP contribution in [-0.2, 0) is 16.0 Å². The van der Waals surface area contributed by atoms with Gasteiger partial charge in [-0.2, -0.15) is 0 Å². The van der Waals surface area contributed by atoms with Crippen LogP contribution in [-0.4, -0.2) is 50.1 Å². The average Bonchev–Trinajstić information content (AvgIpc) is 3.51. The molecule has 142 valence electrons. The molecule has 2 aliphatic rings. The predicted octanol–water partition coefficient (Wildman–Crippen LogP) is 2.15. The predicted molar refractivity (Wildman–Crippen MR) is 98.3 cm³/mol. The van der Waals surface area contributed by atoms with Crippen LogP contribution in [0, 0.1) is 5.92 Å². The van der Waals surface area contributed by atoms with Gasteiger partial charge in [0.15, 0.2) is 11.5 Å². The molecule has 1 aromatic carbocycles. The van der Waals surface area contributed by atoms with E-state index < -0.39 is 0 Å². The molecule has 0 unspecified atom stereocenters. The molecule has 1 aliphatic heterocycles. The van der Waals surface area contributed by atoms with Gasteiger partial charge in [-0.05, 0) is 49.8 Å². The molecule has 1 saturated carbocycles. The molecule has 1 saturated heterocycles. The van der Waals surface area contributed by atoms with Gasteiger partial charge < -0.3 is 19.7 Å². The highest BCUT2D eigenvalue weighted by molar-refractivity contribution is 5.81. The Morgan fingerprint density at radius 1 is 1.08 bits per heavy atom. The molecule has 0 bridgehead atoms. The molecular formula is C20H28N2O4. The minimum Gasteiger partial charge on any atom is -0.493 e. The van der Waals surface area contributed by atoms with Crippen molar-refractivity contribution in [1.29, 1.82) is 0 Å². The molecule has 0 atom stereocenters. The van der Waals surface area contributed by atoms with Crippen LogP contribution >= 0.6 is 0 Å². The van der Waals surface area contributed by atoms with E-state index in [9.17, 15) is 9.59 Å². The van der Waals surface area contributed by atoms with Crippen LogP contribution in [0.5, 0.6) is 11.5 Å². The summed E-state index contributed by atoms with van der Waals surface area (Å²) in [7, 11) is 3.21. The van der Waals surface area contributed by atoms with E-state index in [1.165, 1.54) is 0 Å². The standard InChI is InChI=1S/C20H28N2O4/c1-25-17-7-3-14(13-18(17)26-2)4-8-19(23)21-16-9-11-22(12-10-16)20(24)15-5-6-15/h3,7,13,15-16H,4-6,8-12H2,1-2H3,(H,21,23). The number of methoxy groups -OCH3 is 2. The topological polar surface area (TPSA) is 67.9 Å². The number of benzene rings is 1. The van der Waals surface area contributed by atoms with Gasteiger partial charge in [-0.15, -0.1) is 0 Å². The normalized spacial score (nSPS) is 17.7. The highest BCUT2D eigenvalue weighted by Crippen LogP contribution is 2.32. The van der Waals surface area contributed by atoms with E-state index in [4.69, 9.17) is 9.47 Å². The van der Waals surface area contributed by atoms with Crippen molar-refractivity contribution in [2.75, 3.05) is 27.3 Å². The van der Waals surface area contributed by atoms with Gasteiger partial charge in [-0.25, -0.2) is 0 Å². The van der Waals surface area contributed by atoms with Crippen LogP contribution in [0.2, 0.25) is 0 Å². The minimum atomic E-state index is 0.0618. The second-order valence-electron chi connectivity index (χ2n) is 7.13. The number of aryl methyl sites for hydroxylation is 1. The second-order valence-corrected chi connectivity index (χ2v) is 7.13. The van der Waals surface area contributed by atoms with Crippen molar-refractivity contribution in [3.05, 3.63) is 23.8 Å². The molecule has 26 heavy (non-hydrogen) atoms. The van der Waals surface area contributed by atoms with Crippen LogP contribution in [0.15, 0.2) is 18.2 Å². The van der Waals surface area contributed by atoms with Crippen molar-refractivity contribution >= 4 is 11.8 Å².